The summed E-state index contributed by atoms with van der Waals surface area (Å²) in [5.41, 5.74) is 2.78. The number of aryl methyl sites for hydroxylation is 1. The Morgan fingerprint density at radius 2 is 2.26 bits per heavy atom. The molecule has 8 nitrogen and oxygen atoms in total. The van der Waals surface area contributed by atoms with E-state index in [4.69, 9.17) is 14.6 Å². The molecule has 1 saturated carbocycles. The van der Waals surface area contributed by atoms with Crippen LogP contribution >= 0.6 is 0 Å². The summed E-state index contributed by atoms with van der Waals surface area (Å²) in [4.78, 5) is 26.7. The SMILES string of the molecule is Cc1cc(Oc2ccnc3c2CCC(=O)N3)cc2c1OC1C(NC(=O)O)C21. The van der Waals surface area contributed by atoms with E-state index in [-0.39, 0.29) is 24.0 Å². The van der Waals surface area contributed by atoms with E-state index in [1.54, 1.807) is 12.3 Å². The van der Waals surface area contributed by atoms with E-state index in [0.29, 0.717) is 30.2 Å². The molecule has 138 valence electrons. The number of nitrogens with zero attached hydrogens (tertiary/aromatic N) is 1. The van der Waals surface area contributed by atoms with Gasteiger partial charge >= 0.3 is 6.09 Å². The maximum Gasteiger partial charge on any atom is 0.405 e. The van der Waals surface area contributed by atoms with Crippen molar-refractivity contribution in [2.24, 2.45) is 0 Å². The number of carbonyl (C=O) groups is 2. The van der Waals surface area contributed by atoms with Crippen molar-refractivity contribution in [2.75, 3.05) is 5.32 Å². The Kier molecular flexibility index (Phi) is 3.30. The van der Waals surface area contributed by atoms with E-state index in [1.165, 1.54) is 0 Å². The Bertz CT molecular complexity index is 990. The van der Waals surface area contributed by atoms with Crippen molar-refractivity contribution in [3.05, 3.63) is 41.1 Å². The van der Waals surface area contributed by atoms with Crippen molar-refractivity contribution < 1.29 is 24.2 Å². The normalized spacial score (nSPS) is 24.0. The summed E-state index contributed by atoms with van der Waals surface area (Å²) in [6.07, 6.45) is 1.39. The molecule has 0 spiro atoms. The maximum atomic E-state index is 11.6. The number of benzene rings is 1. The Morgan fingerprint density at radius 3 is 3.07 bits per heavy atom. The summed E-state index contributed by atoms with van der Waals surface area (Å²) in [5, 5.41) is 14.2. The minimum atomic E-state index is -1.05. The number of carboxylic acid groups (broad SMARTS) is 1. The fourth-order valence-electron chi connectivity index (χ4n) is 3.97. The highest BCUT2D eigenvalue weighted by molar-refractivity contribution is 5.93. The maximum absolute atomic E-state index is 11.6. The van der Waals surface area contributed by atoms with Gasteiger partial charge in [-0.05, 0) is 37.1 Å². The lowest BCUT2D eigenvalue weighted by Gasteiger charge is -2.19. The number of ether oxygens (including phenoxy) is 2. The Morgan fingerprint density at radius 1 is 1.41 bits per heavy atom. The number of fused-ring (bicyclic) bond motifs is 4. The summed E-state index contributed by atoms with van der Waals surface area (Å²) >= 11 is 0. The van der Waals surface area contributed by atoms with Gasteiger partial charge in [0.15, 0.2) is 0 Å². The highest BCUT2D eigenvalue weighted by Crippen LogP contribution is 2.55. The van der Waals surface area contributed by atoms with Gasteiger partial charge in [0.05, 0.1) is 12.0 Å². The van der Waals surface area contributed by atoms with Gasteiger partial charge in [-0.25, -0.2) is 9.78 Å². The lowest BCUT2D eigenvalue weighted by atomic mass is 10.0. The Labute approximate surface area is 154 Å². The second kappa shape index (κ2) is 5.60. The zero-order chi connectivity index (χ0) is 18.7. The van der Waals surface area contributed by atoms with Crippen molar-refractivity contribution in [1.29, 1.82) is 0 Å². The first-order valence-electron chi connectivity index (χ1n) is 8.77. The second-order valence-electron chi connectivity index (χ2n) is 7.03. The van der Waals surface area contributed by atoms with Crippen molar-refractivity contribution in [2.45, 2.75) is 37.8 Å². The predicted molar refractivity (Wildman–Crippen MR) is 94.5 cm³/mol. The minimum Gasteiger partial charge on any atom is -0.487 e. The van der Waals surface area contributed by atoms with E-state index in [2.05, 4.69) is 15.6 Å². The van der Waals surface area contributed by atoms with Crippen LogP contribution in [-0.2, 0) is 11.2 Å². The number of hydrogen-bond donors (Lipinski definition) is 3. The van der Waals surface area contributed by atoms with Crippen LogP contribution in [0, 0.1) is 6.92 Å². The number of carbonyl (C=O) groups excluding carboxylic acids is 1. The van der Waals surface area contributed by atoms with Crippen LogP contribution in [0.2, 0.25) is 0 Å². The van der Waals surface area contributed by atoms with Crippen LogP contribution in [0.1, 0.15) is 29.0 Å². The zero-order valence-corrected chi connectivity index (χ0v) is 14.5. The summed E-state index contributed by atoms with van der Waals surface area (Å²) in [7, 11) is 0. The molecule has 27 heavy (non-hydrogen) atoms. The number of amides is 2. The van der Waals surface area contributed by atoms with Crippen LogP contribution in [0.5, 0.6) is 17.2 Å². The average molecular weight is 367 g/mol. The van der Waals surface area contributed by atoms with Crippen molar-refractivity contribution in [3.8, 4) is 17.2 Å². The lowest BCUT2D eigenvalue weighted by Crippen LogP contribution is -2.28. The predicted octanol–water partition coefficient (Wildman–Crippen LogP) is 2.56. The molecule has 0 radical (unpaired) electrons. The van der Waals surface area contributed by atoms with Gasteiger partial charge in [-0.2, -0.15) is 0 Å². The molecule has 1 aliphatic carbocycles. The smallest absolute Gasteiger partial charge is 0.405 e. The number of hydrogen-bond acceptors (Lipinski definition) is 5. The van der Waals surface area contributed by atoms with Crippen molar-refractivity contribution in [1.82, 2.24) is 10.3 Å². The molecular weight excluding hydrogens is 350 g/mol. The molecule has 0 saturated heterocycles. The van der Waals surface area contributed by atoms with Crippen molar-refractivity contribution in [3.63, 3.8) is 0 Å². The van der Waals surface area contributed by atoms with E-state index in [1.807, 2.05) is 19.1 Å². The molecule has 1 aromatic heterocycles. The van der Waals surface area contributed by atoms with Crippen LogP contribution in [0.25, 0.3) is 0 Å². The molecule has 3 heterocycles. The molecule has 3 atom stereocenters. The standard InChI is InChI=1S/C19H17N3O5/c1-8-6-9(7-11-14-15(22-19(24)25)17(14)27-16(8)11)26-12-4-5-20-18-10(12)2-3-13(23)21-18/h4-7,14-15,17,22H,2-3H2,1H3,(H,24,25)(H,20,21,23). The molecule has 8 heteroatoms. The third-order valence-electron chi connectivity index (χ3n) is 5.23. The third-order valence-corrected chi connectivity index (χ3v) is 5.23. The number of pyridine rings is 1. The van der Waals surface area contributed by atoms with Crippen LogP contribution in [-0.4, -0.2) is 34.2 Å². The van der Waals surface area contributed by atoms with Crippen LogP contribution in [0.3, 0.4) is 0 Å². The summed E-state index contributed by atoms with van der Waals surface area (Å²) in [6.45, 7) is 1.94. The molecule has 3 aliphatic rings. The third kappa shape index (κ3) is 2.56. The van der Waals surface area contributed by atoms with Crippen molar-refractivity contribution >= 4 is 17.8 Å². The molecule has 2 amide bonds. The van der Waals surface area contributed by atoms with Gasteiger partial charge in [-0.1, -0.05) is 0 Å². The Balaban J connectivity index is 1.44. The van der Waals surface area contributed by atoms with Gasteiger partial charge in [-0.3, -0.25) is 4.79 Å². The largest absolute Gasteiger partial charge is 0.487 e. The van der Waals surface area contributed by atoms with E-state index in [9.17, 15) is 9.59 Å². The average Bonchev–Trinajstić information content (AvgIpc) is 3.11. The molecular formula is C19H17N3O5. The summed E-state index contributed by atoms with van der Waals surface area (Å²) < 4.78 is 12.0. The minimum absolute atomic E-state index is 0.0176. The number of anilines is 1. The first-order valence-corrected chi connectivity index (χ1v) is 8.77. The van der Waals surface area contributed by atoms with Gasteiger partial charge in [0.2, 0.25) is 5.91 Å². The summed E-state index contributed by atoms with van der Waals surface area (Å²) in [5.74, 6) is 2.63. The van der Waals surface area contributed by atoms with Crippen LogP contribution < -0.4 is 20.1 Å². The molecule has 0 bridgehead atoms. The second-order valence-corrected chi connectivity index (χ2v) is 7.03. The monoisotopic (exact) mass is 367 g/mol. The highest BCUT2D eigenvalue weighted by Gasteiger charge is 2.60. The molecule has 2 aliphatic heterocycles. The van der Waals surface area contributed by atoms with Gasteiger partial charge in [0.25, 0.3) is 0 Å². The summed E-state index contributed by atoms with van der Waals surface area (Å²) in [6, 6.07) is 5.38. The van der Waals surface area contributed by atoms with Gasteiger partial charge in [0, 0.05) is 23.7 Å². The fourth-order valence-corrected chi connectivity index (χ4v) is 3.97. The Hall–Kier alpha value is -3.29. The molecule has 3 N–H and O–H groups in total. The van der Waals surface area contributed by atoms with E-state index < -0.39 is 6.09 Å². The van der Waals surface area contributed by atoms with E-state index in [0.717, 1.165) is 22.4 Å². The van der Waals surface area contributed by atoms with Gasteiger partial charge < -0.3 is 25.2 Å². The quantitative estimate of drug-likeness (QED) is 0.769. The molecule has 3 unspecified atom stereocenters. The first kappa shape index (κ1) is 15.9. The topological polar surface area (TPSA) is 110 Å². The number of aromatic nitrogens is 1. The number of nitrogens with one attached hydrogen (secondary N) is 2. The molecule has 5 rings (SSSR count). The van der Waals surface area contributed by atoms with E-state index >= 15 is 0 Å². The van der Waals surface area contributed by atoms with Crippen LogP contribution in [0.15, 0.2) is 24.4 Å². The number of rotatable bonds is 3. The lowest BCUT2D eigenvalue weighted by molar-refractivity contribution is -0.116. The fraction of sp³-hybridized carbons (Fsp3) is 0.316. The first-order chi connectivity index (χ1) is 13.0. The van der Waals surface area contributed by atoms with Gasteiger partial charge in [-0.15, -0.1) is 0 Å². The zero-order valence-electron chi connectivity index (χ0n) is 14.5. The molecule has 1 aromatic carbocycles. The van der Waals surface area contributed by atoms with Gasteiger partial charge in [0.1, 0.15) is 29.2 Å². The van der Waals surface area contributed by atoms with Crippen LogP contribution in [0.4, 0.5) is 10.6 Å². The highest BCUT2D eigenvalue weighted by atomic mass is 16.5. The molecule has 2 aromatic rings. The molecule has 1 fully saturated rings.